The van der Waals surface area contributed by atoms with Crippen molar-refractivity contribution in [2.24, 2.45) is 0 Å². The van der Waals surface area contributed by atoms with E-state index >= 15 is 0 Å². The summed E-state index contributed by atoms with van der Waals surface area (Å²) in [5, 5.41) is 11.2. The lowest BCUT2D eigenvalue weighted by Gasteiger charge is -2.26. The standard InChI is InChI=1S/C27H22F3NO5/c1-3-35-21-9-5-8-18(15-21)24(32)22-23(17-7-4-6-16(2)14-17)31(26(34)25(22)33)19-10-12-20(13-11-19)36-27(28,29)30/h4-15,23,32H,3H2,1-2H3/b24-22-. The summed E-state index contributed by atoms with van der Waals surface area (Å²) in [4.78, 5) is 27.6. The van der Waals surface area contributed by atoms with E-state index in [1.54, 1.807) is 49.4 Å². The van der Waals surface area contributed by atoms with Gasteiger partial charge in [0.05, 0.1) is 18.2 Å². The van der Waals surface area contributed by atoms with Gasteiger partial charge in [-0.25, -0.2) is 0 Å². The molecule has 0 radical (unpaired) electrons. The van der Waals surface area contributed by atoms with Crippen LogP contribution in [0.4, 0.5) is 18.9 Å². The molecule has 0 aliphatic carbocycles. The molecule has 1 saturated heterocycles. The highest BCUT2D eigenvalue weighted by Crippen LogP contribution is 2.43. The van der Waals surface area contributed by atoms with E-state index in [4.69, 9.17) is 4.74 Å². The second-order valence-corrected chi connectivity index (χ2v) is 8.09. The normalized spacial score (nSPS) is 17.4. The summed E-state index contributed by atoms with van der Waals surface area (Å²) >= 11 is 0. The number of ketones is 1. The molecular formula is C27H22F3NO5. The first kappa shape index (κ1) is 24.8. The number of amides is 1. The summed E-state index contributed by atoms with van der Waals surface area (Å²) in [7, 11) is 0. The molecule has 0 saturated carbocycles. The lowest BCUT2D eigenvalue weighted by molar-refractivity contribution is -0.274. The Morgan fingerprint density at radius 2 is 1.67 bits per heavy atom. The van der Waals surface area contributed by atoms with Crippen molar-refractivity contribution in [2.45, 2.75) is 26.3 Å². The molecule has 9 heteroatoms. The van der Waals surface area contributed by atoms with Crippen LogP contribution in [0.5, 0.6) is 11.5 Å². The monoisotopic (exact) mass is 497 g/mol. The van der Waals surface area contributed by atoms with Gasteiger partial charge in [0.25, 0.3) is 11.7 Å². The number of aliphatic hydroxyl groups excluding tert-OH is 1. The molecule has 186 valence electrons. The van der Waals surface area contributed by atoms with Crippen molar-refractivity contribution in [2.75, 3.05) is 11.5 Å². The fourth-order valence-corrected chi connectivity index (χ4v) is 4.12. The molecule has 4 rings (SSSR count). The maximum absolute atomic E-state index is 13.2. The van der Waals surface area contributed by atoms with Crippen LogP contribution in [0.2, 0.25) is 0 Å². The molecule has 3 aromatic carbocycles. The Morgan fingerprint density at radius 3 is 2.31 bits per heavy atom. The second-order valence-electron chi connectivity index (χ2n) is 8.09. The molecule has 1 amide bonds. The van der Waals surface area contributed by atoms with Crippen molar-refractivity contribution in [3.8, 4) is 11.5 Å². The number of Topliss-reactive ketones (excluding diaryl/α,β-unsaturated/α-hetero) is 1. The number of nitrogens with zero attached hydrogens (tertiary/aromatic N) is 1. The number of halogens is 3. The predicted octanol–water partition coefficient (Wildman–Crippen LogP) is 5.92. The Balaban J connectivity index is 1.85. The predicted molar refractivity (Wildman–Crippen MR) is 127 cm³/mol. The number of anilines is 1. The summed E-state index contributed by atoms with van der Waals surface area (Å²) in [5.74, 6) is -2.23. The number of carbonyl (C=O) groups excluding carboxylic acids is 2. The number of aliphatic hydroxyl groups is 1. The minimum atomic E-state index is -4.87. The lowest BCUT2D eigenvalue weighted by atomic mass is 9.94. The average Bonchev–Trinajstić information content (AvgIpc) is 3.09. The summed E-state index contributed by atoms with van der Waals surface area (Å²) in [6, 6.07) is 17.2. The topological polar surface area (TPSA) is 76.1 Å². The van der Waals surface area contributed by atoms with Gasteiger partial charge in [0.1, 0.15) is 17.3 Å². The highest BCUT2D eigenvalue weighted by atomic mass is 19.4. The van der Waals surface area contributed by atoms with Crippen LogP contribution in [-0.4, -0.2) is 29.8 Å². The van der Waals surface area contributed by atoms with Gasteiger partial charge in [-0.15, -0.1) is 13.2 Å². The number of hydrogen-bond donors (Lipinski definition) is 1. The second kappa shape index (κ2) is 9.77. The third-order valence-electron chi connectivity index (χ3n) is 5.57. The van der Waals surface area contributed by atoms with Crippen LogP contribution < -0.4 is 14.4 Å². The SMILES string of the molecule is CCOc1cccc(/C(O)=C2/C(=O)C(=O)N(c3ccc(OC(F)(F)F)cc3)C2c2cccc(C)c2)c1. The van der Waals surface area contributed by atoms with Crippen molar-refractivity contribution in [1.29, 1.82) is 0 Å². The first-order valence-corrected chi connectivity index (χ1v) is 11.1. The Kier molecular flexibility index (Phi) is 6.74. The van der Waals surface area contributed by atoms with Gasteiger partial charge < -0.3 is 14.6 Å². The number of aryl methyl sites for hydroxylation is 1. The molecule has 3 aromatic rings. The van der Waals surface area contributed by atoms with Crippen molar-refractivity contribution < 1.29 is 37.3 Å². The Bertz CT molecular complexity index is 1330. The van der Waals surface area contributed by atoms with Gasteiger partial charge in [-0.1, -0.05) is 42.0 Å². The maximum atomic E-state index is 13.2. The summed E-state index contributed by atoms with van der Waals surface area (Å²) in [6.07, 6.45) is -4.87. The van der Waals surface area contributed by atoms with E-state index in [-0.39, 0.29) is 22.6 Å². The van der Waals surface area contributed by atoms with E-state index in [0.29, 0.717) is 17.9 Å². The summed E-state index contributed by atoms with van der Waals surface area (Å²) in [5.41, 5.74) is 1.71. The molecular weight excluding hydrogens is 475 g/mol. The highest BCUT2D eigenvalue weighted by molar-refractivity contribution is 6.51. The van der Waals surface area contributed by atoms with Gasteiger partial charge >= 0.3 is 6.36 Å². The summed E-state index contributed by atoms with van der Waals surface area (Å²) in [6.45, 7) is 4.04. The fourth-order valence-electron chi connectivity index (χ4n) is 4.12. The van der Waals surface area contributed by atoms with Crippen LogP contribution in [0.25, 0.3) is 5.76 Å². The molecule has 1 aliphatic heterocycles. The Morgan fingerprint density at radius 1 is 0.972 bits per heavy atom. The molecule has 0 aromatic heterocycles. The van der Waals surface area contributed by atoms with Gasteiger partial charge in [-0.05, 0) is 55.8 Å². The van der Waals surface area contributed by atoms with Crippen LogP contribution in [-0.2, 0) is 9.59 Å². The lowest BCUT2D eigenvalue weighted by Crippen LogP contribution is -2.29. The van der Waals surface area contributed by atoms with Crippen LogP contribution in [0.15, 0.2) is 78.4 Å². The first-order chi connectivity index (χ1) is 17.1. The van der Waals surface area contributed by atoms with Gasteiger partial charge in [0.2, 0.25) is 0 Å². The number of alkyl halides is 3. The van der Waals surface area contributed by atoms with E-state index in [2.05, 4.69) is 4.74 Å². The minimum Gasteiger partial charge on any atom is -0.507 e. The van der Waals surface area contributed by atoms with E-state index < -0.39 is 29.8 Å². The number of carbonyl (C=O) groups is 2. The molecule has 6 nitrogen and oxygen atoms in total. The summed E-state index contributed by atoms with van der Waals surface area (Å²) < 4.78 is 47.1. The van der Waals surface area contributed by atoms with E-state index in [9.17, 15) is 27.9 Å². The third kappa shape index (κ3) is 5.05. The van der Waals surface area contributed by atoms with Gasteiger partial charge in [-0.3, -0.25) is 14.5 Å². The Hall–Kier alpha value is -4.27. The van der Waals surface area contributed by atoms with Gasteiger partial charge in [0, 0.05) is 11.3 Å². The molecule has 1 aliphatic rings. The van der Waals surface area contributed by atoms with Crippen molar-refractivity contribution in [3.63, 3.8) is 0 Å². The van der Waals surface area contributed by atoms with Crippen LogP contribution in [0.1, 0.15) is 29.7 Å². The third-order valence-corrected chi connectivity index (χ3v) is 5.57. The van der Waals surface area contributed by atoms with Crippen molar-refractivity contribution in [3.05, 3.63) is 95.1 Å². The number of ether oxygens (including phenoxy) is 2. The van der Waals surface area contributed by atoms with Crippen LogP contribution in [0.3, 0.4) is 0 Å². The first-order valence-electron chi connectivity index (χ1n) is 11.1. The highest BCUT2D eigenvalue weighted by Gasteiger charge is 2.47. The zero-order chi connectivity index (χ0) is 26.0. The largest absolute Gasteiger partial charge is 0.573 e. The van der Waals surface area contributed by atoms with Gasteiger partial charge in [-0.2, -0.15) is 0 Å². The smallest absolute Gasteiger partial charge is 0.507 e. The number of hydrogen-bond acceptors (Lipinski definition) is 5. The number of rotatable bonds is 6. The van der Waals surface area contributed by atoms with E-state index in [1.807, 2.05) is 13.0 Å². The van der Waals surface area contributed by atoms with Crippen molar-refractivity contribution >= 4 is 23.1 Å². The maximum Gasteiger partial charge on any atom is 0.573 e. The van der Waals surface area contributed by atoms with Crippen LogP contribution in [0, 0.1) is 6.92 Å². The molecule has 1 N–H and O–H groups in total. The average molecular weight is 497 g/mol. The van der Waals surface area contributed by atoms with E-state index in [0.717, 1.165) is 22.6 Å². The molecule has 36 heavy (non-hydrogen) atoms. The minimum absolute atomic E-state index is 0.144. The van der Waals surface area contributed by atoms with Crippen LogP contribution >= 0.6 is 0 Å². The van der Waals surface area contributed by atoms with E-state index in [1.165, 1.54) is 12.1 Å². The molecule has 1 atom stereocenters. The number of benzene rings is 3. The molecule has 1 fully saturated rings. The Labute approximate surface area is 205 Å². The molecule has 1 unspecified atom stereocenters. The zero-order valence-electron chi connectivity index (χ0n) is 19.4. The zero-order valence-corrected chi connectivity index (χ0v) is 19.4. The quantitative estimate of drug-likeness (QED) is 0.260. The molecule has 0 bridgehead atoms. The van der Waals surface area contributed by atoms with Crippen molar-refractivity contribution in [1.82, 2.24) is 0 Å². The fraction of sp³-hybridized carbons (Fsp3) is 0.185. The molecule has 0 spiro atoms. The van der Waals surface area contributed by atoms with Gasteiger partial charge in [0.15, 0.2) is 0 Å². The molecule has 1 heterocycles.